The number of sulfonamides is 1. The van der Waals surface area contributed by atoms with Crippen LogP contribution in [0.25, 0.3) is 0 Å². The number of rotatable bonds is 8. The molecule has 29 heavy (non-hydrogen) atoms. The molecule has 0 spiro atoms. The van der Waals surface area contributed by atoms with Gasteiger partial charge in [0.25, 0.3) is 0 Å². The number of carbonyl (C=O) groups is 1. The van der Waals surface area contributed by atoms with Gasteiger partial charge in [0.05, 0.1) is 4.90 Å². The predicted octanol–water partition coefficient (Wildman–Crippen LogP) is 2.78. The number of aryl methyl sites for hydroxylation is 1. The molecule has 2 fully saturated rings. The summed E-state index contributed by atoms with van der Waals surface area (Å²) in [6.07, 6.45) is 6.90. The maximum Gasteiger partial charge on any atom is 0.243 e. The first-order valence-corrected chi connectivity index (χ1v) is 12.4. The van der Waals surface area contributed by atoms with Gasteiger partial charge >= 0.3 is 0 Å². The summed E-state index contributed by atoms with van der Waals surface area (Å²) in [6.45, 7) is 7.01. The molecule has 0 saturated carbocycles. The van der Waals surface area contributed by atoms with Gasteiger partial charge in [-0.1, -0.05) is 24.1 Å². The topological polar surface area (TPSA) is 69.7 Å². The fourth-order valence-electron chi connectivity index (χ4n) is 4.26. The molecule has 0 aliphatic carbocycles. The zero-order chi connectivity index (χ0) is 20.7. The molecule has 1 aromatic carbocycles. The SMILES string of the molecule is Cc1ccc(S(=O)(=O)N2CCC(CCC(=O)NCCN3CCCCC3)CC2)cc1. The minimum Gasteiger partial charge on any atom is -0.355 e. The lowest BCUT2D eigenvalue weighted by atomic mass is 9.93. The van der Waals surface area contributed by atoms with E-state index in [1.807, 2.05) is 19.1 Å². The van der Waals surface area contributed by atoms with Gasteiger partial charge in [0.1, 0.15) is 0 Å². The number of piperidine rings is 2. The van der Waals surface area contributed by atoms with Crippen LogP contribution in [0.2, 0.25) is 0 Å². The number of carbonyl (C=O) groups excluding carboxylic acids is 1. The van der Waals surface area contributed by atoms with Crippen LogP contribution in [0, 0.1) is 12.8 Å². The fraction of sp³-hybridized carbons (Fsp3) is 0.682. The Hall–Kier alpha value is -1.44. The van der Waals surface area contributed by atoms with Crippen molar-refractivity contribution in [2.75, 3.05) is 39.3 Å². The Balaban J connectivity index is 1.35. The largest absolute Gasteiger partial charge is 0.355 e. The van der Waals surface area contributed by atoms with Gasteiger partial charge in [-0.3, -0.25) is 4.79 Å². The summed E-state index contributed by atoms with van der Waals surface area (Å²) in [5.41, 5.74) is 1.05. The van der Waals surface area contributed by atoms with Gasteiger partial charge < -0.3 is 10.2 Å². The van der Waals surface area contributed by atoms with E-state index in [1.165, 1.54) is 19.3 Å². The number of amides is 1. The van der Waals surface area contributed by atoms with E-state index in [4.69, 9.17) is 0 Å². The Kier molecular flexibility index (Phi) is 8.09. The maximum atomic E-state index is 12.8. The van der Waals surface area contributed by atoms with Gasteiger partial charge in [-0.05, 0) is 70.2 Å². The van der Waals surface area contributed by atoms with Crippen molar-refractivity contribution in [1.29, 1.82) is 0 Å². The molecule has 0 radical (unpaired) electrons. The molecule has 2 saturated heterocycles. The summed E-state index contributed by atoms with van der Waals surface area (Å²) in [7, 11) is -3.41. The van der Waals surface area contributed by atoms with Crippen LogP contribution in [0.5, 0.6) is 0 Å². The number of nitrogens with one attached hydrogen (secondary N) is 1. The van der Waals surface area contributed by atoms with Gasteiger partial charge in [0.2, 0.25) is 15.9 Å². The summed E-state index contributed by atoms with van der Waals surface area (Å²) in [5.74, 6) is 0.545. The Morgan fingerprint density at radius 2 is 1.69 bits per heavy atom. The van der Waals surface area contributed by atoms with E-state index >= 15 is 0 Å². The van der Waals surface area contributed by atoms with E-state index in [9.17, 15) is 13.2 Å². The zero-order valence-corrected chi connectivity index (χ0v) is 18.4. The molecule has 3 rings (SSSR count). The minimum atomic E-state index is -3.41. The van der Waals surface area contributed by atoms with Gasteiger partial charge in [-0.2, -0.15) is 4.31 Å². The van der Waals surface area contributed by atoms with Crippen molar-refractivity contribution < 1.29 is 13.2 Å². The van der Waals surface area contributed by atoms with Crippen molar-refractivity contribution in [3.8, 4) is 0 Å². The molecule has 1 amide bonds. The van der Waals surface area contributed by atoms with Crippen molar-refractivity contribution in [2.24, 2.45) is 5.92 Å². The van der Waals surface area contributed by atoms with Gasteiger partial charge in [0.15, 0.2) is 0 Å². The monoisotopic (exact) mass is 421 g/mol. The van der Waals surface area contributed by atoms with E-state index in [-0.39, 0.29) is 5.91 Å². The Labute approximate surface area is 175 Å². The van der Waals surface area contributed by atoms with E-state index in [2.05, 4.69) is 10.2 Å². The number of hydrogen-bond acceptors (Lipinski definition) is 4. The number of likely N-dealkylation sites (tertiary alicyclic amines) is 1. The van der Waals surface area contributed by atoms with Crippen molar-refractivity contribution >= 4 is 15.9 Å². The lowest BCUT2D eigenvalue weighted by molar-refractivity contribution is -0.121. The summed E-state index contributed by atoms with van der Waals surface area (Å²) in [4.78, 5) is 14.9. The molecule has 2 aliphatic heterocycles. The summed E-state index contributed by atoms with van der Waals surface area (Å²) in [6, 6.07) is 7.04. The van der Waals surface area contributed by atoms with Crippen LogP contribution in [0.4, 0.5) is 0 Å². The van der Waals surface area contributed by atoms with Crippen LogP contribution in [0.1, 0.15) is 50.5 Å². The second kappa shape index (κ2) is 10.5. The van der Waals surface area contributed by atoms with Gasteiger partial charge in [-0.25, -0.2) is 8.42 Å². The average Bonchev–Trinajstić information content (AvgIpc) is 2.74. The first-order chi connectivity index (χ1) is 13.9. The molecule has 2 aliphatic rings. The fourth-order valence-corrected chi connectivity index (χ4v) is 5.73. The molecular weight excluding hydrogens is 386 g/mol. The third-order valence-corrected chi connectivity index (χ3v) is 8.12. The highest BCUT2D eigenvalue weighted by Gasteiger charge is 2.29. The molecular formula is C22H35N3O3S. The molecule has 2 heterocycles. The van der Waals surface area contributed by atoms with E-state index in [0.29, 0.717) is 30.3 Å². The van der Waals surface area contributed by atoms with Crippen LogP contribution < -0.4 is 5.32 Å². The highest BCUT2D eigenvalue weighted by molar-refractivity contribution is 7.89. The summed E-state index contributed by atoms with van der Waals surface area (Å²) < 4.78 is 27.1. The Morgan fingerprint density at radius 1 is 1.03 bits per heavy atom. The van der Waals surface area contributed by atoms with E-state index < -0.39 is 10.0 Å². The third kappa shape index (κ3) is 6.52. The van der Waals surface area contributed by atoms with Crippen molar-refractivity contribution in [3.05, 3.63) is 29.8 Å². The molecule has 6 nitrogen and oxygen atoms in total. The van der Waals surface area contributed by atoms with E-state index in [1.54, 1.807) is 16.4 Å². The Morgan fingerprint density at radius 3 is 2.34 bits per heavy atom. The van der Waals surface area contributed by atoms with E-state index in [0.717, 1.165) is 51.0 Å². The van der Waals surface area contributed by atoms with Crippen LogP contribution >= 0.6 is 0 Å². The zero-order valence-electron chi connectivity index (χ0n) is 17.6. The molecule has 0 aromatic heterocycles. The van der Waals surface area contributed by atoms with Crippen LogP contribution in [0.15, 0.2) is 29.2 Å². The van der Waals surface area contributed by atoms with Crippen LogP contribution in [-0.4, -0.2) is 62.8 Å². The summed E-state index contributed by atoms with van der Waals surface area (Å²) in [5, 5.41) is 3.04. The smallest absolute Gasteiger partial charge is 0.243 e. The first kappa shape index (κ1) is 22.2. The molecule has 162 valence electrons. The molecule has 0 atom stereocenters. The maximum absolute atomic E-state index is 12.8. The lowest BCUT2D eigenvalue weighted by Crippen LogP contribution is -2.39. The molecule has 0 bridgehead atoms. The minimum absolute atomic E-state index is 0.122. The van der Waals surface area contributed by atoms with Crippen molar-refractivity contribution in [3.63, 3.8) is 0 Å². The third-order valence-electron chi connectivity index (χ3n) is 6.21. The number of nitrogens with zero attached hydrogens (tertiary/aromatic N) is 2. The second-order valence-electron chi connectivity index (χ2n) is 8.45. The molecule has 7 heteroatoms. The van der Waals surface area contributed by atoms with Gasteiger partial charge in [-0.15, -0.1) is 0 Å². The molecule has 0 unspecified atom stereocenters. The highest BCUT2D eigenvalue weighted by atomic mass is 32.2. The predicted molar refractivity (Wildman–Crippen MR) is 115 cm³/mol. The normalized spacial score (nSPS) is 19.9. The van der Waals surface area contributed by atoms with Crippen LogP contribution in [0.3, 0.4) is 0 Å². The molecule has 1 aromatic rings. The van der Waals surface area contributed by atoms with Crippen molar-refractivity contribution in [1.82, 2.24) is 14.5 Å². The highest BCUT2D eigenvalue weighted by Crippen LogP contribution is 2.26. The summed E-state index contributed by atoms with van der Waals surface area (Å²) >= 11 is 0. The lowest BCUT2D eigenvalue weighted by Gasteiger charge is -2.31. The number of hydrogen-bond donors (Lipinski definition) is 1. The Bertz CT molecular complexity index is 750. The van der Waals surface area contributed by atoms with Crippen molar-refractivity contribution in [2.45, 2.75) is 56.8 Å². The van der Waals surface area contributed by atoms with Crippen LogP contribution in [-0.2, 0) is 14.8 Å². The standard InChI is InChI=1S/C22H35N3O3S/c1-19-5-8-21(9-6-19)29(27,28)25-16-11-20(12-17-25)7-10-22(26)23-13-18-24-14-3-2-4-15-24/h5-6,8-9,20H,2-4,7,10-18H2,1H3,(H,23,26). The quantitative estimate of drug-likeness (QED) is 0.701. The van der Waals surface area contributed by atoms with Gasteiger partial charge in [0, 0.05) is 32.6 Å². The average molecular weight is 422 g/mol. The second-order valence-corrected chi connectivity index (χ2v) is 10.4. The number of benzene rings is 1. The first-order valence-electron chi connectivity index (χ1n) is 11.0. The molecule has 1 N–H and O–H groups in total.